The van der Waals surface area contributed by atoms with E-state index in [0.29, 0.717) is 17.3 Å². The Morgan fingerprint density at radius 3 is 2.40 bits per heavy atom. The van der Waals surface area contributed by atoms with E-state index in [9.17, 15) is 18.0 Å². The zero-order valence-corrected chi connectivity index (χ0v) is 25.6. The Balaban J connectivity index is 1.39. The highest BCUT2D eigenvalue weighted by atomic mass is 35.5. The molecule has 1 heterocycles. The van der Waals surface area contributed by atoms with E-state index < -0.39 is 15.9 Å². The molecule has 1 aliphatic heterocycles. The van der Waals surface area contributed by atoms with Gasteiger partial charge in [-0.25, -0.2) is 8.42 Å². The molecule has 9 nitrogen and oxygen atoms in total. The number of anilines is 1. The molecule has 2 amide bonds. The van der Waals surface area contributed by atoms with Crippen molar-refractivity contribution in [3.8, 4) is 11.5 Å². The summed E-state index contributed by atoms with van der Waals surface area (Å²) in [5, 5.41) is 6.71. The normalized spacial score (nSPS) is 13.8. The highest BCUT2D eigenvalue weighted by molar-refractivity contribution is 7.92. The van der Waals surface area contributed by atoms with Gasteiger partial charge in [-0.3, -0.25) is 14.3 Å². The first-order chi connectivity index (χ1) is 20.2. The van der Waals surface area contributed by atoms with Crippen LogP contribution in [0.25, 0.3) is 0 Å². The first kappa shape index (κ1) is 31.6. The number of ether oxygens (including phenoxy) is 1. The van der Waals surface area contributed by atoms with E-state index in [4.69, 9.17) is 27.9 Å². The molecular weight excluding hydrogens is 599 g/mol. The number of unbranched alkanes of at least 4 members (excludes halogenated alkanes) is 1. The van der Waals surface area contributed by atoms with Gasteiger partial charge in [0.05, 0.1) is 22.2 Å². The van der Waals surface area contributed by atoms with Crippen molar-refractivity contribution in [3.05, 3.63) is 82.3 Å². The van der Waals surface area contributed by atoms with Crippen LogP contribution in [0.2, 0.25) is 10.0 Å². The molecule has 0 bridgehead atoms. The Kier molecular flexibility index (Phi) is 11.1. The minimum absolute atomic E-state index is 0.0499. The van der Waals surface area contributed by atoms with Gasteiger partial charge in [-0.15, -0.1) is 0 Å². The molecule has 0 unspecified atom stereocenters. The highest BCUT2D eigenvalue weighted by Gasteiger charge is 2.25. The molecule has 3 N–H and O–H groups in total. The average Bonchev–Trinajstić information content (AvgIpc) is 2.99. The molecule has 224 valence electrons. The summed E-state index contributed by atoms with van der Waals surface area (Å²) >= 11 is 12.2. The number of amides is 2. The fourth-order valence-corrected chi connectivity index (χ4v) is 6.14. The summed E-state index contributed by atoms with van der Waals surface area (Å²) in [6.07, 6.45) is 3.65. The largest absolute Gasteiger partial charge is 0.454 e. The summed E-state index contributed by atoms with van der Waals surface area (Å²) in [7, 11) is -4.03. The third kappa shape index (κ3) is 8.38. The molecule has 1 fully saturated rings. The Morgan fingerprint density at radius 2 is 1.71 bits per heavy atom. The zero-order valence-electron chi connectivity index (χ0n) is 23.2. The van der Waals surface area contributed by atoms with Crippen LogP contribution in [0.1, 0.15) is 43.0 Å². The smallest absolute Gasteiger partial charge is 0.262 e. The molecule has 1 aliphatic rings. The number of hydrogen-bond donors (Lipinski definition) is 3. The fourth-order valence-electron chi connectivity index (χ4n) is 4.62. The van der Waals surface area contributed by atoms with E-state index >= 15 is 0 Å². The van der Waals surface area contributed by atoms with Crippen molar-refractivity contribution in [2.45, 2.75) is 43.5 Å². The summed E-state index contributed by atoms with van der Waals surface area (Å²) in [4.78, 5) is 27.6. The van der Waals surface area contributed by atoms with Crippen molar-refractivity contribution < 1.29 is 22.7 Å². The van der Waals surface area contributed by atoms with Crippen molar-refractivity contribution in [2.24, 2.45) is 0 Å². The topological polar surface area (TPSA) is 117 Å². The Hall–Kier alpha value is -3.31. The standard InChI is InChI=1S/C30H34Cl2N4O5S/c1-2-3-18-36(23-14-16-33-17-15-23)29(37)20-34-30(38)21-8-11-24(12-9-21)42(39,40)35-26-6-4-5-7-28(26)41-27-13-10-22(31)19-25(27)32/h4-13,19,23,33,35H,2-3,14-18,20H2,1H3,(H,34,38). The maximum absolute atomic E-state index is 13.2. The molecule has 0 spiro atoms. The third-order valence-corrected chi connectivity index (χ3v) is 8.81. The first-order valence-electron chi connectivity index (χ1n) is 13.8. The van der Waals surface area contributed by atoms with Gasteiger partial charge in [-0.1, -0.05) is 48.7 Å². The van der Waals surface area contributed by atoms with Crippen LogP contribution in [-0.4, -0.2) is 57.4 Å². The van der Waals surface area contributed by atoms with Crippen LogP contribution in [0.5, 0.6) is 11.5 Å². The zero-order chi connectivity index (χ0) is 30.1. The van der Waals surface area contributed by atoms with Crippen LogP contribution in [0.3, 0.4) is 0 Å². The quantitative estimate of drug-likeness (QED) is 0.236. The molecule has 42 heavy (non-hydrogen) atoms. The lowest BCUT2D eigenvalue weighted by Gasteiger charge is -2.35. The Bertz CT molecular complexity index is 1500. The van der Waals surface area contributed by atoms with Crippen LogP contribution < -0.4 is 20.1 Å². The number of para-hydroxylation sites is 2. The van der Waals surface area contributed by atoms with Crippen LogP contribution in [0.15, 0.2) is 71.6 Å². The first-order valence-corrected chi connectivity index (χ1v) is 16.0. The van der Waals surface area contributed by atoms with E-state index in [-0.39, 0.29) is 45.4 Å². The number of halogens is 2. The maximum Gasteiger partial charge on any atom is 0.262 e. The number of nitrogens with one attached hydrogen (secondary N) is 3. The lowest BCUT2D eigenvalue weighted by atomic mass is 10.0. The summed E-state index contributed by atoms with van der Waals surface area (Å²) in [6, 6.07) is 16.9. The number of piperidine rings is 1. The summed E-state index contributed by atoms with van der Waals surface area (Å²) < 4.78 is 34.7. The SMILES string of the molecule is CCCCN(C(=O)CNC(=O)c1ccc(S(=O)(=O)Nc2ccccc2Oc2ccc(Cl)cc2Cl)cc1)C1CCNCC1. The molecular formula is C30H34Cl2N4O5S. The number of benzene rings is 3. The highest BCUT2D eigenvalue weighted by Crippen LogP contribution is 2.35. The molecule has 3 aromatic carbocycles. The second-order valence-electron chi connectivity index (χ2n) is 9.91. The summed E-state index contributed by atoms with van der Waals surface area (Å²) in [5.74, 6) is -0.0262. The van der Waals surface area contributed by atoms with Crippen LogP contribution >= 0.6 is 23.2 Å². The van der Waals surface area contributed by atoms with Gasteiger partial charge in [0.1, 0.15) is 5.75 Å². The Labute approximate surface area is 256 Å². The molecule has 3 aromatic rings. The number of hydrogen-bond acceptors (Lipinski definition) is 6. The van der Waals surface area contributed by atoms with Crippen molar-refractivity contribution in [2.75, 3.05) is 30.9 Å². The fraction of sp³-hybridized carbons (Fsp3) is 0.333. The second-order valence-corrected chi connectivity index (χ2v) is 12.4. The molecule has 4 rings (SSSR count). The van der Waals surface area contributed by atoms with Gasteiger partial charge in [-0.2, -0.15) is 0 Å². The van der Waals surface area contributed by atoms with Gasteiger partial charge in [0.2, 0.25) is 5.91 Å². The molecule has 12 heteroatoms. The lowest BCUT2D eigenvalue weighted by Crippen LogP contribution is -2.49. The summed E-state index contributed by atoms with van der Waals surface area (Å²) in [6.45, 7) is 4.35. The van der Waals surface area contributed by atoms with E-state index in [0.717, 1.165) is 38.8 Å². The maximum atomic E-state index is 13.2. The van der Waals surface area contributed by atoms with Gasteiger partial charge >= 0.3 is 0 Å². The Morgan fingerprint density at radius 1 is 1.00 bits per heavy atom. The number of rotatable bonds is 12. The number of nitrogens with zero attached hydrogens (tertiary/aromatic N) is 1. The van der Waals surface area contributed by atoms with E-state index in [1.165, 1.54) is 30.3 Å². The predicted molar refractivity (Wildman–Crippen MR) is 165 cm³/mol. The molecule has 0 atom stereocenters. The predicted octanol–water partition coefficient (Wildman–Crippen LogP) is 5.70. The second kappa shape index (κ2) is 14.7. The van der Waals surface area contributed by atoms with Gasteiger partial charge in [0.25, 0.3) is 15.9 Å². The number of carbonyl (C=O) groups excluding carboxylic acids is 2. The van der Waals surface area contributed by atoms with Crippen molar-refractivity contribution in [1.82, 2.24) is 15.5 Å². The molecule has 0 aromatic heterocycles. The molecule has 1 saturated heterocycles. The van der Waals surface area contributed by atoms with Gasteiger partial charge in [-0.05, 0) is 86.9 Å². The average molecular weight is 634 g/mol. The van der Waals surface area contributed by atoms with Crippen molar-refractivity contribution >= 4 is 50.7 Å². The van der Waals surface area contributed by atoms with Gasteiger partial charge in [0.15, 0.2) is 5.75 Å². The minimum atomic E-state index is -4.03. The van der Waals surface area contributed by atoms with Crippen molar-refractivity contribution in [3.63, 3.8) is 0 Å². The lowest BCUT2D eigenvalue weighted by molar-refractivity contribution is -0.133. The van der Waals surface area contributed by atoms with Crippen LogP contribution in [0, 0.1) is 0 Å². The number of carbonyl (C=O) groups is 2. The molecule has 0 saturated carbocycles. The summed E-state index contributed by atoms with van der Waals surface area (Å²) in [5.41, 5.74) is 0.440. The third-order valence-electron chi connectivity index (χ3n) is 6.89. The molecule has 0 aliphatic carbocycles. The van der Waals surface area contributed by atoms with Crippen LogP contribution in [0.4, 0.5) is 5.69 Å². The number of sulfonamides is 1. The van der Waals surface area contributed by atoms with Gasteiger partial charge in [0, 0.05) is 23.2 Å². The van der Waals surface area contributed by atoms with Crippen LogP contribution in [-0.2, 0) is 14.8 Å². The minimum Gasteiger partial charge on any atom is -0.454 e. The van der Waals surface area contributed by atoms with E-state index in [1.807, 2.05) is 4.90 Å². The van der Waals surface area contributed by atoms with Crippen molar-refractivity contribution in [1.29, 1.82) is 0 Å². The molecule has 0 radical (unpaired) electrons. The van der Waals surface area contributed by atoms with Gasteiger partial charge < -0.3 is 20.3 Å². The van der Waals surface area contributed by atoms with E-state index in [2.05, 4.69) is 22.3 Å². The monoisotopic (exact) mass is 632 g/mol. The van der Waals surface area contributed by atoms with E-state index in [1.54, 1.807) is 36.4 Å².